The predicted molar refractivity (Wildman–Crippen MR) is 62.2 cm³/mol. The van der Waals surface area contributed by atoms with E-state index in [2.05, 4.69) is 6.58 Å². The number of aliphatic carboxylic acids is 1. The first-order valence-electron chi connectivity index (χ1n) is 4.70. The molecule has 0 aromatic heterocycles. The molecule has 5 nitrogen and oxygen atoms in total. The Morgan fingerprint density at radius 3 is 2.33 bits per heavy atom. The third-order valence-corrected chi connectivity index (χ3v) is 2.68. The van der Waals surface area contributed by atoms with Gasteiger partial charge in [-0.25, -0.2) is 0 Å². The van der Waals surface area contributed by atoms with Crippen LogP contribution in [0, 0.1) is 0 Å². The Morgan fingerprint density at radius 1 is 1.67 bits per heavy atom. The van der Waals surface area contributed by atoms with Gasteiger partial charge in [-0.3, -0.25) is 9.69 Å². The molecule has 0 aliphatic carbocycles. The van der Waals surface area contributed by atoms with Gasteiger partial charge in [0, 0.05) is 6.04 Å². The maximum absolute atomic E-state index is 11.3. The number of rotatable bonds is 6. The molecule has 0 amide bonds. The highest BCUT2D eigenvalue weighted by Crippen LogP contribution is 2.23. The summed E-state index contributed by atoms with van der Waals surface area (Å²) in [5.74, 6) is -0.892. The van der Waals surface area contributed by atoms with Gasteiger partial charge in [-0.2, -0.15) is 0 Å². The third kappa shape index (κ3) is 3.02. The van der Waals surface area contributed by atoms with Crippen LogP contribution in [0.3, 0.4) is 0 Å². The van der Waals surface area contributed by atoms with Crippen molar-refractivity contribution in [2.75, 3.05) is 14.1 Å². The second-order valence-electron chi connectivity index (χ2n) is 3.63. The van der Waals surface area contributed by atoms with Crippen LogP contribution >= 0.6 is 0 Å². The zero-order valence-corrected chi connectivity index (χ0v) is 9.86. The lowest BCUT2D eigenvalue weighted by molar-refractivity contribution is -0.151. The van der Waals surface area contributed by atoms with E-state index >= 15 is 0 Å². The Bertz CT molecular complexity index is 219. The molecule has 2 atom stereocenters. The molecular weight excluding hydrogens is 194 g/mol. The summed E-state index contributed by atoms with van der Waals surface area (Å²) in [6.45, 7) is 5.47. The predicted octanol–water partition coefficient (Wildman–Crippen LogP) is 0.847. The van der Waals surface area contributed by atoms with E-state index in [0.29, 0.717) is 12.8 Å². The smallest absolute Gasteiger partial charge is 0.326 e. The summed E-state index contributed by atoms with van der Waals surface area (Å²) in [6, 6.07) is -0.395. The lowest BCUT2D eigenvalue weighted by Crippen LogP contribution is -2.62. The van der Waals surface area contributed by atoms with E-state index in [1.807, 2.05) is 6.92 Å². The molecule has 0 bridgehead atoms. The molecule has 15 heavy (non-hydrogen) atoms. The van der Waals surface area contributed by atoms with Crippen LogP contribution in [0.4, 0.5) is 0 Å². The van der Waals surface area contributed by atoms with Crippen LogP contribution in [0.15, 0.2) is 12.7 Å². The molecule has 0 aromatic rings. The van der Waals surface area contributed by atoms with E-state index in [1.165, 1.54) is 0 Å². The van der Waals surface area contributed by atoms with Gasteiger partial charge >= 0.3 is 5.97 Å². The maximum Gasteiger partial charge on any atom is 0.326 e. The van der Waals surface area contributed by atoms with Gasteiger partial charge in [-0.05, 0) is 26.9 Å². The number of hydrogen-bond donors (Lipinski definition) is 3. The van der Waals surface area contributed by atoms with Crippen LogP contribution in [-0.2, 0) is 4.79 Å². The largest absolute Gasteiger partial charge is 0.480 e. The molecule has 0 aliphatic rings. The second-order valence-corrected chi connectivity index (χ2v) is 3.63. The highest BCUT2D eigenvalue weighted by Gasteiger charge is 2.44. The first kappa shape index (κ1) is 16.5. The SMILES string of the molecule is C=CCC(C(=O)O)(C(N)CC)N(C)C.N. The number of likely N-dealkylation sites (N-methyl/N-ethyl adjacent to an activating group) is 1. The minimum atomic E-state index is -1.03. The summed E-state index contributed by atoms with van der Waals surface area (Å²) in [7, 11) is 3.46. The fourth-order valence-corrected chi connectivity index (χ4v) is 1.66. The fourth-order valence-electron chi connectivity index (χ4n) is 1.66. The monoisotopic (exact) mass is 217 g/mol. The molecule has 0 rings (SSSR count). The second kappa shape index (κ2) is 6.55. The molecule has 0 aromatic carbocycles. The Labute approximate surface area is 91.5 Å². The van der Waals surface area contributed by atoms with Crippen LogP contribution < -0.4 is 11.9 Å². The fraction of sp³-hybridized carbons (Fsp3) is 0.700. The minimum Gasteiger partial charge on any atom is -0.480 e. The molecule has 6 N–H and O–H groups in total. The van der Waals surface area contributed by atoms with Gasteiger partial charge in [0.25, 0.3) is 0 Å². The van der Waals surface area contributed by atoms with Crippen molar-refractivity contribution < 1.29 is 9.90 Å². The van der Waals surface area contributed by atoms with Gasteiger partial charge in [0.2, 0.25) is 0 Å². The van der Waals surface area contributed by atoms with Gasteiger partial charge in [0.1, 0.15) is 5.54 Å². The van der Waals surface area contributed by atoms with E-state index in [0.717, 1.165) is 0 Å². The molecule has 0 aliphatic heterocycles. The number of nitrogens with two attached hydrogens (primary N) is 1. The Hall–Kier alpha value is -0.910. The standard InChI is InChI=1S/C10H20N2O2.H3N/c1-5-7-10(9(13)14,12(3)4)8(11)6-2;/h5,8H,1,6-7,11H2,2-4H3,(H,13,14);1H3. The summed E-state index contributed by atoms with van der Waals surface area (Å²) in [4.78, 5) is 12.9. The molecule has 90 valence electrons. The van der Waals surface area contributed by atoms with E-state index in [1.54, 1.807) is 25.1 Å². The van der Waals surface area contributed by atoms with Crippen molar-refractivity contribution >= 4 is 5.97 Å². The summed E-state index contributed by atoms with van der Waals surface area (Å²) in [6.07, 6.45) is 2.58. The lowest BCUT2D eigenvalue weighted by Gasteiger charge is -2.39. The number of nitrogens with zero attached hydrogens (tertiary/aromatic N) is 1. The molecule has 2 unspecified atom stereocenters. The van der Waals surface area contributed by atoms with Crippen molar-refractivity contribution in [3.05, 3.63) is 12.7 Å². The van der Waals surface area contributed by atoms with Gasteiger partial charge in [-0.1, -0.05) is 13.0 Å². The highest BCUT2D eigenvalue weighted by atomic mass is 16.4. The van der Waals surface area contributed by atoms with Crippen LogP contribution in [0.5, 0.6) is 0 Å². The Balaban J connectivity index is 0. The quantitative estimate of drug-likeness (QED) is 0.572. The van der Waals surface area contributed by atoms with E-state index < -0.39 is 17.6 Å². The number of carboxylic acid groups (broad SMARTS) is 1. The number of carboxylic acids is 1. The Morgan fingerprint density at radius 2 is 2.13 bits per heavy atom. The van der Waals surface area contributed by atoms with Gasteiger partial charge in [0.15, 0.2) is 0 Å². The molecule has 0 saturated heterocycles. The lowest BCUT2D eigenvalue weighted by atomic mass is 9.84. The minimum absolute atomic E-state index is 0. The summed E-state index contributed by atoms with van der Waals surface area (Å²) >= 11 is 0. The summed E-state index contributed by atoms with van der Waals surface area (Å²) in [5, 5.41) is 9.26. The zero-order chi connectivity index (χ0) is 11.4. The molecule has 0 fully saturated rings. The zero-order valence-electron chi connectivity index (χ0n) is 9.86. The average Bonchev–Trinajstić information content (AvgIpc) is 2.11. The average molecular weight is 217 g/mol. The molecule has 0 radical (unpaired) electrons. The molecular formula is C10H23N3O2. The van der Waals surface area contributed by atoms with Crippen molar-refractivity contribution in [3.8, 4) is 0 Å². The van der Waals surface area contributed by atoms with Crippen LogP contribution in [0.1, 0.15) is 19.8 Å². The Kier molecular flexibility index (Phi) is 7.21. The van der Waals surface area contributed by atoms with Crippen LogP contribution in [0.25, 0.3) is 0 Å². The molecule has 0 heterocycles. The first-order chi connectivity index (χ1) is 6.43. The molecule has 5 heteroatoms. The molecule has 0 spiro atoms. The summed E-state index contributed by atoms with van der Waals surface area (Å²) in [5.41, 5.74) is 4.84. The normalized spacial score (nSPS) is 16.3. The van der Waals surface area contributed by atoms with Crippen molar-refractivity contribution in [1.82, 2.24) is 11.1 Å². The van der Waals surface area contributed by atoms with Gasteiger partial charge in [-0.15, -0.1) is 6.58 Å². The van der Waals surface area contributed by atoms with Gasteiger partial charge in [0.05, 0.1) is 0 Å². The van der Waals surface area contributed by atoms with E-state index in [-0.39, 0.29) is 6.15 Å². The molecule has 0 saturated carbocycles. The highest BCUT2D eigenvalue weighted by molar-refractivity contribution is 5.80. The van der Waals surface area contributed by atoms with E-state index in [4.69, 9.17) is 5.73 Å². The number of carbonyl (C=O) groups is 1. The van der Waals surface area contributed by atoms with Crippen molar-refractivity contribution in [3.63, 3.8) is 0 Å². The number of hydrogen-bond acceptors (Lipinski definition) is 4. The van der Waals surface area contributed by atoms with Crippen molar-refractivity contribution in [2.24, 2.45) is 5.73 Å². The first-order valence-corrected chi connectivity index (χ1v) is 4.70. The third-order valence-electron chi connectivity index (χ3n) is 2.68. The van der Waals surface area contributed by atoms with Crippen molar-refractivity contribution in [1.29, 1.82) is 0 Å². The maximum atomic E-state index is 11.3. The van der Waals surface area contributed by atoms with Crippen LogP contribution in [-0.4, -0.2) is 41.7 Å². The summed E-state index contributed by atoms with van der Waals surface area (Å²) < 4.78 is 0. The van der Waals surface area contributed by atoms with E-state index in [9.17, 15) is 9.90 Å². The topological polar surface area (TPSA) is 102 Å². The van der Waals surface area contributed by atoms with Crippen LogP contribution in [0.2, 0.25) is 0 Å². The van der Waals surface area contributed by atoms with Gasteiger partial charge < -0.3 is 17.0 Å². The van der Waals surface area contributed by atoms with Crippen molar-refractivity contribution in [2.45, 2.75) is 31.3 Å².